The molecule has 0 bridgehead atoms. The lowest BCUT2D eigenvalue weighted by atomic mass is 10.1. The predicted molar refractivity (Wildman–Crippen MR) is 91.2 cm³/mol. The van der Waals surface area contributed by atoms with Crippen LogP contribution in [0.5, 0.6) is 5.75 Å². The molecule has 4 heteroatoms. The molecule has 1 heterocycles. The molecule has 4 nitrogen and oxygen atoms in total. The van der Waals surface area contributed by atoms with Crippen molar-refractivity contribution in [1.82, 2.24) is 4.98 Å². The van der Waals surface area contributed by atoms with Crippen LogP contribution >= 0.6 is 0 Å². The molecule has 3 N–H and O–H groups in total. The molecule has 0 aliphatic rings. The number of rotatable bonds is 4. The molecule has 112 valence electrons. The molecule has 0 amide bonds. The number of fused-ring (bicyclic) bond motifs is 1. The van der Waals surface area contributed by atoms with Gasteiger partial charge in [0.1, 0.15) is 11.6 Å². The van der Waals surface area contributed by atoms with Crippen LogP contribution in [0.4, 0.5) is 11.5 Å². The Labute approximate surface area is 129 Å². The van der Waals surface area contributed by atoms with Crippen molar-refractivity contribution in [2.45, 2.75) is 13.0 Å². The summed E-state index contributed by atoms with van der Waals surface area (Å²) in [6.45, 7) is 2.10. The Morgan fingerprint density at radius 3 is 2.59 bits per heavy atom. The Bertz CT molecular complexity index is 787. The van der Waals surface area contributed by atoms with Crippen LogP contribution < -0.4 is 15.8 Å². The number of nitrogens with zero attached hydrogens (tertiary/aromatic N) is 1. The second-order valence-electron chi connectivity index (χ2n) is 5.22. The SMILES string of the molecule is COc1ccc(N)c2c(NC(C)c3ccccc3)nccc12. The molecule has 0 aliphatic heterocycles. The third-order valence-corrected chi connectivity index (χ3v) is 3.79. The van der Waals surface area contributed by atoms with Crippen molar-refractivity contribution >= 4 is 22.3 Å². The van der Waals surface area contributed by atoms with E-state index < -0.39 is 0 Å². The van der Waals surface area contributed by atoms with E-state index in [9.17, 15) is 0 Å². The van der Waals surface area contributed by atoms with E-state index in [2.05, 4.69) is 29.4 Å². The lowest BCUT2D eigenvalue weighted by Crippen LogP contribution is -2.08. The number of anilines is 2. The first-order chi connectivity index (χ1) is 10.7. The molecule has 0 saturated carbocycles. The maximum Gasteiger partial charge on any atom is 0.136 e. The van der Waals surface area contributed by atoms with Crippen LogP contribution in [-0.2, 0) is 0 Å². The van der Waals surface area contributed by atoms with Crippen molar-refractivity contribution in [3.63, 3.8) is 0 Å². The quantitative estimate of drug-likeness (QED) is 0.714. The van der Waals surface area contributed by atoms with Crippen molar-refractivity contribution < 1.29 is 4.74 Å². The molecule has 1 aromatic heterocycles. The lowest BCUT2D eigenvalue weighted by molar-refractivity contribution is 0.420. The van der Waals surface area contributed by atoms with Crippen LogP contribution in [0.1, 0.15) is 18.5 Å². The topological polar surface area (TPSA) is 60.2 Å². The summed E-state index contributed by atoms with van der Waals surface area (Å²) in [7, 11) is 1.66. The fraction of sp³-hybridized carbons (Fsp3) is 0.167. The highest BCUT2D eigenvalue weighted by Gasteiger charge is 2.12. The van der Waals surface area contributed by atoms with Gasteiger partial charge in [-0.15, -0.1) is 0 Å². The van der Waals surface area contributed by atoms with Crippen molar-refractivity contribution in [2.24, 2.45) is 0 Å². The molecule has 0 spiro atoms. The Kier molecular flexibility index (Phi) is 3.83. The summed E-state index contributed by atoms with van der Waals surface area (Å²) < 4.78 is 5.42. The Hall–Kier alpha value is -2.75. The standard InChI is InChI=1S/C18H19N3O/c1-12(13-6-4-3-5-7-13)21-18-17-14(10-11-20-18)16(22-2)9-8-15(17)19/h3-12H,19H2,1-2H3,(H,20,21). The van der Waals surface area contributed by atoms with E-state index in [1.807, 2.05) is 36.4 Å². The van der Waals surface area contributed by atoms with Gasteiger partial charge in [-0.1, -0.05) is 30.3 Å². The molecule has 2 aromatic carbocycles. The Balaban J connectivity index is 2.04. The zero-order chi connectivity index (χ0) is 15.5. The second-order valence-corrected chi connectivity index (χ2v) is 5.22. The fourth-order valence-electron chi connectivity index (χ4n) is 2.62. The monoisotopic (exact) mass is 293 g/mol. The number of methoxy groups -OCH3 is 1. The van der Waals surface area contributed by atoms with Crippen molar-refractivity contribution in [1.29, 1.82) is 0 Å². The van der Waals surface area contributed by atoms with E-state index in [-0.39, 0.29) is 6.04 Å². The van der Waals surface area contributed by atoms with Crippen LogP contribution in [0.3, 0.4) is 0 Å². The van der Waals surface area contributed by atoms with E-state index in [1.54, 1.807) is 13.3 Å². The fourth-order valence-corrected chi connectivity index (χ4v) is 2.62. The van der Waals surface area contributed by atoms with Gasteiger partial charge in [0, 0.05) is 23.3 Å². The zero-order valence-electron chi connectivity index (χ0n) is 12.7. The number of pyridine rings is 1. The molecule has 3 aromatic rings. The summed E-state index contributed by atoms with van der Waals surface area (Å²) in [5.74, 6) is 1.56. The van der Waals surface area contributed by atoms with Crippen LogP contribution in [-0.4, -0.2) is 12.1 Å². The second kappa shape index (κ2) is 5.93. The van der Waals surface area contributed by atoms with E-state index in [0.29, 0.717) is 5.69 Å². The van der Waals surface area contributed by atoms with Gasteiger partial charge >= 0.3 is 0 Å². The van der Waals surface area contributed by atoms with Crippen LogP contribution in [0.25, 0.3) is 10.8 Å². The first-order valence-corrected chi connectivity index (χ1v) is 7.23. The van der Waals surface area contributed by atoms with Crippen molar-refractivity contribution in [3.05, 3.63) is 60.3 Å². The highest BCUT2D eigenvalue weighted by molar-refractivity contribution is 6.04. The number of nitrogens with one attached hydrogen (secondary N) is 1. The maximum atomic E-state index is 6.16. The van der Waals surface area contributed by atoms with E-state index in [4.69, 9.17) is 10.5 Å². The molecule has 0 aliphatic carbocycles. The van der Waals surface area contributed by atoms with Crippen LogP contribution in [0, 0.1) is 0 Å². The predicted octanol–water partition coefficient (Wildman–Crippen LogP) is 4.00. The van der Waals surface area contributed by atoms with Crippen molar-refractivity contribution in [3.8, 4) is 5.75 Å². The summed E-state index contributed by atoms with van der Waals surface area (Å²) in [5, 5.41) is 5.30. The number of benzene rings is 2. The lowest BCUT2D eigenvalue weighted by Gasteiger charge is -2.18. The average Bonchev–Trinajstić information content (AvgIpc) is 2.56. The summed E-state index contributed by atoms with van der Waals surface area (Å²) in [6.07, 6.45) is 1.77. The smallest absolute Gasteiger partial charge is 0.136 e. The first kappa shape index (κ1) is 14.2. The van der Waals surface area contributed by atoms with E-state index in [1.165, 1.54) is 5.56 Å². The van der Waals surface area contributed by atoms with Gasteiger partial charge in [-0.2, -0.15) is 0 Å². The number of ether oxygens (including phenoxy) is 1. The van der Waals surface area contributed by atoms with Crippen molar-refractivity contribution in [2.75, 3.05) is 18.2 Å². The summed E-state index contributed by atoms with van der Waals surface area (Å²) in [5.41, 5.74) is 8.04. The van der Waals surface area contributed by atoms with Gasteiger partial charge in [0.05, 0.1) is 12.5 Å². The number of hydrogen-bond acceptors (Lipinski definition) is 4. The van der Waals surface area contributed by atoms with Crippen LogP contribution in [0.15, 0.2) is 54.7 Å². The normalized spacial score (nSPS) is 12.1. The van der Waals surface area contributed by atoms with Gasteiger partial charge in [0.25, 0.3) is 0 Å². The Morgan fingerprint density at radius 1 is 1.09 bits per heavy atom. The summed E-state index contributed by atoms with van der Waals surface area (Å²) in [6, 6.07) is 16.0. The highest BCUT2D eigenvalue weighted by Crippen LogP contribution is 2.35. The van der Waals surface area contributed by atoms with E-state index in [0.717, 1.165) is 22.3 Å². The molecule has 3 rings (SSSR count). The largest absolute Gasteiger partial charge is 0.496 e. The van der Waals surface area contributed by atoms with Gasteiger partial charge in [-0.3, -0.25) is 0 Å². The molecular formula is C18H19N3O. The first-order valence-electron chi connectivity index (χ1n) is 7.23. The molecule has 1 atom stereocenters. The minimum absolute atomic E-state index is 0.130. The summed E-state index contributed by atoms with van der Waals surface area (Å²) in [4.78, 5) is 4.46. The van der Waals surface area contributed by atoms with Gasteiger partial charge in [-0.25, -0.2) is 4.98 Å². The number of aromatic nitrogens is 1. The number of nitrogen functional groups attached to an aromatic ring is 1. The van der Waals surface area contributed by atoms with Gasteiger partial charge in [0.15, 0.2) is 0 Å². The molecule has 0 fully saturated rings. The average molecular weight is 293 g/mol. The van der Waals surface area contributed by atoms with Gasteiger partial charge in [0.2, 0.25) is 0 Å². The number of nitrogens with two attached hydrogens (primary N) is 1. The number of hydrogen-bond donors (Lipinski definition) is 2. The highest BCUT2D eigenvalue weighted by atomic mass is 16.5. The minimum atomic E-state index is 0.130. The van der Waals surface area contributed by atoms with Gasteiger partial charge < -0.3 is 15.8 Å². The summed E-state index contributed by atoms with van der Waals surface area (Å²) >= 11 is 0. The maximum absolute atomic E-state index is 6.16. The molecule has 0 radical (unpaired) electrons. The van der Waals surface area contributed by atoms with Crippen LogP contribution in [0.2, 0.25) is 0 Å². The molecule has 0 saturated heterocycles. The third kappa shape index (κ3) is 2.55. The third-order valence-electron chi connectivity index (χ3n) is 3.79. The molecular weight excluding hydrogens is 274 g/mol. The zero-order valence-corrected chi connectivity index (χ0v) is 12.7. The Morgan fingerprint density at radius 2 is 1.86 bits per heavy atom. The molecule has 1 unspecified atom stereocenters. The van der Waals surface area contributed by atoms with Gasteiger partial charge in [-0.05, 0) is 30.7 Å². The minimum Gasteiger partial charge on any atom is -0.496 e. The molecule has 22 heavy (non-hydrogen) atoms. The van der Waals surface area contributed by atoms with E-state index >= 15 is 0 Å².